The Hall–Kier alpha value is -1.06. The highest BCUT2D eigenvalue weighted by atomic mass is 16.2. The van der Waals surface area contributed by atoms with Gasteiger partial charge in [0.15, 0.2) is 0 Å². The number of rotatable bonds is 4. The number of likely N-dealkylation sites (tertiary alicyclic amines) is 1. The highest BCUT2D eigenvalue weighted by molar-refractivity contribution is 5.80. The van der Waals surface area contributed by atoms with Crippen LogP contribution in [0, 0.1) is 6.42 Å². The van der Waals surface area contributed by atoms with Gasteiger partial charge in [0.1, 0.15) is 0 Å². The standard InChI is InChI=1S/C8H13N2O2/c9-7(11)3-1-5-10-6-2-4-8(10)12/h2H,1,3-6H2,(H2,9,11). The van der Waals surface area contributed by atoms with Crippen LogP contribution >= 0.6 is 0 Å². The summed E-state index contributed by atoms with van der Waals surface area (Å²) >= 11 is 0. The van der Waals surface area contributed by atoms with Crippen LogP contribution in [-0.2, 0) is 9.59 Å². The number of hydrogen-bond donors (Lipinski definition) is 1. The van der Waals surface area contributed by atoms with Crippen molar-refractivity contribution in [3.05, 3.63) is 6.42 Å². The molecule has 1 saturated heterocycles. The molecule has 2 N–H and O–H groups in total. The zero-order chi connectivity index (χ0) is 8.97. The molecule has 1 aliphatic rings. The van der Waals surface area contributed by atoms with E-state index in [1.54, 1.807) is 4.90 Å². The molecule has 1 aliphatic heterocycles. The van der Waals surface area contributed by atoms with Crippen LogP contribution in [-0.4, -0.2) is 29.8 Å². The van der Waals surface area contributed by atoms with Crippen LogP contribution in [0.2, 0.25) is 0 Å². The van der Waals surface area contributed by atoms with E-state index < -0.39 is 0 Å². The van der Waals surface area contributed by atoms with Crippen molar-refractivity contribution >= 4 is 11.8 Å². The summed E-state index contributed by atoms with van der Waals surface area (Å²) in [5.74, 6) is -0.148. The molecule has 1 fully saturated rings. The summed E-state index contributed by atoms with van der Waals surface area (Å²) in [6.07, 6.45) is 3.52. The van der Waals surface area contributed by atoms with Crippen molar-refractivity contribution in [2.75, 3.05) is 13.1 Å². The molecule has 2 amide bonds. The van der Waals surface area contributed by atoms with Gasteiger partial charge in [-0.15, -0.1) is 0 Å². The van der Waals surface area contributed by atoms with Crippen molar-refractivity contribution in [3.63, 3.8) is 0 Å². The molecule has 4 heteroatoms. The van der Waals surface area contributed by atoms with Gasteiger partial charge in [-0.3, -0.25) is 9.59 Å². The van der Waals surface area contributed by atoms with E-state index in [1.807, 2.05) is 6.42 Å². The van der Waals surface area contributed by atoms with Crippen molar-refractivity contribution < 1.29 is 9.59 Å². The molecule has 0 aromatic heterocycles. The molecule has 1 rings (SSSR count). The zero-order valence-corrected chi connectivity index (χ0v) is 6.95. The second kappa shape index (κ2) is 4.09. The van der Waals surface area contributed by atoms with Gasteiger partial charge in [0.25, 0.3) is 0 Å². The third-order valence-electron chi connectivity index (χ3n) is 1.87. The molecule has 4 nitrogen and oxygen atoms in total. The third kappa shape index (κ3) is 2.53. The Kier molecular flexibility index (Phi) is 3.08. The van der Waals surface area contributed by atoms with Crippen LogP contribution < -0.4 is 5.73 Å². The molecule has 67 valence electrons. The lowest BCUT2D eigenvalue weighted by molar-refractivity contribution is -0.128. The van der Waals surface area contributed by atoms with Crippen LogP contribution in [0.5, 0.6) is 0 Å². The molecule has 0 spiro atoms. The molecule has 0 unspecified atom stereocenters. The smallest absolute Gasteiger partial charge is 0.222 e. The topological polar surface area (TPSA) is 63.4 Å². The summed E-state index contributed by atoms with van der Waals surface area (Å²) in [5.41, 5.74) is 4.96. The van der Waals surface area contributed by atoms with Gasteiger partial charge in [-0.05, 0) is 12.8 Å². The maximum atomic E-state index is 11.0. The Labute approximate surface area is 71.7 Å². The SMILES string of the molecule is NC(=O)CCCN1C[CH]CC1=O. The maximum Gasteiger partial charge on any atom is 0.222 e. The molecule has 0 saturated carbocycles. The average Bonchev–Trinajstić information content (AvgIpc) is 2.36. The summed E-state index contributed by atoms with van der Waals surface area (Å²) < 4.78 is 0. The molecule has 0 aromatic carbocycles. The zero-order valence-electron chi connectivity index (χ0n) is 6.95. The molecule has 0 aromatic rings. The number of nitrogens with zero attached hydrogens (tertiary/aromatic N) is 1. The molecule has 1 heterocycles. The second-order valence-electron chi connectivity index (χ2n) is 2.90. The highest BCUT2D eigenvalue weighted by Gasteiger charge is 2.19. The second-order valence-corrected chi connectivity index (χ2v) is 2.90. The first kappa shape index (κ1) is 9.03. The minimum atomic E-state index is -0.300. The van der Waals surface area contributed by atoms with Crippen LogP contribution in [0.1, 0.15) is 19.3 Å². The fourth-order valence-corrected chi connectivity index (χ4v) is 1.23. The third-order valence-corrected chi connectivity index (χ3v) is 1.87. The Morgan fingerprint density at radius 2 is 2.42 bits per heavy atom. The molecular formula is C8H13N2O2. The van der Waals surface area contributed by atoms with Gasteiger partial charge in [-0.2, -0.15) is 0 Å². The quantitative estimate of drug-likeness (QED) is 0.627. The van der Waals surface area contributed by atoms with Gasteiger partial charge in [0.2, 0.25) is 11.8 Å². The first-order chi connectivity index (χ1) is 5.70. The van der Waals surface area contributed by atoms with Crippen LogP contribution in [0.4, 0.5) is 0 Å². The van der Waals surface area contributed by atoms with Crippen molar-refractivity contribution in [3.8, 4) is 0 Å². The predicted octanol–water partition coefficient (Wildman–Crippen LogP) is -0.312. The van der Waals surface area contributed by atoms with Crippen molar-refractivity contribution in [1.29, 1.82) is 0 Å². The van der Waals surface area contributed by atoms with Gasteiger partial charge >= 0.3 is 0 Å². The fraction of sp³-hybridized carbons (Fsp3) is 0.625. The minimum absolute atomic E-state index is 0.152. The Balaban J connectivity index is 2.14. The van der Waals surface area contributed by atoms with Gasteiger partial charge in [0, 0.05) is 25.9 Å². The van der Waals surface area contributed by atoms with Crippen molar-refractivity contribution in [2.24, 2.45) is 5.73 Å². The van der Waals surface area contributed by atoms with E-state index in [9.17, 15) is 9.59 Å². The van der Waals surface area contributed by atoms with Crippen LogP contribution in [0.15, 0.2) is 0 Å². The monoisotopic (exact) mass is 169 g/mol. The number of carbonyl (C=O) groups is 2. The normalized spacial score (nSPS) is 17.0. The highest BCUT2D eigenvalue weighted by Crippen LogP contribution is 2.08. The fourth-order valence-electron chi connectivity index (χ4n) is 1.23. The summed E-state index contributed by atoms with van der Waals surface area (Å²) in [6, 6.07) is 0. The number of nitrogens with two attached hydrogens (primary N) is 1. The summed E-state index contributed by atoms with van der Waals surface area (Å²) in [7, 11) is 0. The van der Waals surface area contributed by atoms with Crippen LogP contribution in [0.25, 0.3) is 0 Å². The first-order valence-electron chi connectivity index (χ1n) is 4.08. The first-order valence-corrected chi connectivity index (χ1v) is 4.08. The summed E-state index contributed by atoms with van der Waals surface area (Å²) in [5, 5.41) is 0. The largest absolute Gasteiger partial charge is 0.370 e. The van der Waals surface area contributed by atoms with Gasteiger partial charge in [-0.1, -0.05) is 0 Å². The maximum absolute atomic E-state index is 11.0. The lowest BCUT2D eigenvalue weighted by atomic mass is 10.3. The lowest BCUT2D eigenvalue weighted by Crippen LogP contribution is -2.26. The van der Waals surface area contributed by atoms with Gasteiger partial charge in [-0.25, -0.2) is 0 Å². The van der Waals surface area contributed by atoms with E-state index in [4.69, 9.17) is 5.73 Å². The van der Waals surface area contributed by atoms with E-state index >= 15 is 0 Å². The van der Waals surface area contributed by atoms with E-state index in [-0.39, 0.29) is 11.8 Å². The Morgan fingerprint density at radius 3 is 2.92 bits per heavy atom. The molecule has 12 heavy (non-hydrogen) atoms. The Morgan fingerprint density at radius 1 is 1.67 bits per heavy atom. The average molecular weight is 169 g/mol. The Bertz CT molecular complexity index is 191. The van der Waals surface area contributed by atoms with Crippen LogP contribution in [0.3, 0.4) is 0 Å². The molecule has 0 aliphatic carbocycles. The molecule has 0 bridgehead atoms. The van der Waals surface area contributed by atoms with E-state index in [0.29, 0.717) is 25.8 Å². The van der Waals surface area contributed by atoms with Gasteiger partial charge < -0.3 is 10.6 Å². The number of carbonyl (C=O) groups excluding carboxylic acids is 2. The minimum Gasteiger partial charge on any atom is -0.370 e. The molecule has 0 atom stereocenters. The lowest BCUT2D eigenvalue weighted by Gasteiger charge is -2.13. The number of hydrogen-bond acceptors (Lipinski definition) is 2. The van der Waals surface area contributed by atoms with Gasteiger partial charge in [0.05, 0.1) is 0 Å². The van der Waals surface area contributed by atoms with Crippen molar-refractivity contribution in [1.82, 2.24) is 4.90 Å². The summed E-state index contributed by atoms with van der Waals surface area (Å²) in [4.78, 5) is 23.1. The number of amides is 2. The summed E-state index contributed by atoms with van der Waals surface area (Å²) in [6.45, 7) is 1.37. The predicted molar refractivity (Wildman–Crippen MR) is 43.9 cm³/mol. The molecule has 1 radical (unpaired) electrons. The van der Waals surface area contributed by atoms with E-state index in [0.717, 1.165) is 6.54 Å². The molecular weight excluding hydrogens is 156 g/mol. The van der Waals surface area contributed by atoms with E-state index in [2.05, 4.69) is 0 Å². The van der Waals surface area contributed by atoms with E-state index in [1.165, 1.54) is 0 Å². The van der Waals surface area contributed by atoms with Crippen molar-refractivity contribution in [2.45, 2.75) is 19.3 Å². The number of primary amides is 1.